The van der Waals surface area contributed by atoms with Crippen LogP contribution >= 0.6 is 11.3 Å². The van der Waals surface area contributed by atoms with Gasteiger partial charge in [0.1, 0.15) is 5.82 Å². The van der Waals surface area contributed by atoms with E-state index in [-0.39, 0.29) is 22.6 Å². The second-order valence-electron chi connectivity index (χ2n) is 16.6. The summed E-state index contributed by atoms with van der Waals surface area (Å²) in [6, 6.07) is 17.3. The number of benzene rings is 2. The molecule has 13 nitrogen and oxygen atoms in total. The number of hydrogen-bond donors (Lipinski definition) is 2. The molecule has 1 aliphatic heterocycles. The van der Waals surface area contributed by atoms with Gasteiger partial charge in [-0.25, -0.2) is 14.8 Å². The van der Waals surface area contributed by atoms with E-state index in [1.54, 1.807) is 13.3 Å². The van der Waals surface area contributed by atoms with Crippen LogP contribution in [-0.2, 0) is 38.5 Å². The lowest BCUT2D eigenvalue weighted by Crippen LogP contribution is -2.42. The van der Waals surface area contributed by atoms with Crippen molar-refractivity contribution in [2.24, 2.45) is 17.3 Å². The summed E-state index contributed by atoms with van der Waals surface area (Å²) in [5.74, 6) is 0.156. The van der Waals surface area contributed by atoms with Crippen LogP contribution in [0.3, 0.4) is 0 Å². The van der Waals surface area contributed by atoms with Crippen LogP contribution in [0.4, 0.5) is 10.9 Å². The number of para-hydroxylation sites is 1. The molecule has 4 unspecified atom stereocenters. The number of carboxylic acids is 1. The molecule has 14 heteroatoms. The van der Waals surface area contributed by atoms with Crippen molar-refractivity contribution in [3.8, 4) is 11.1 Å². The number of pyridine rings is 1. The zero-order chi connectivity index (χ0) is 41.1. The molecule has 5 aromatic rings. The zero-order valence-electron chi connectivity index (χ0n) is 34.4. The number of thiazole rings is 1. The predicted molar refractivity (Wildman–Crippen MR) is 227 cm³/mol. The second-order valence-corrected chi connectivity index (χ2v) is 17.7. The number of fused-ring (bicyclic) bond motifs is 4. The summed E-state index contributed by atoms with van der Waals surface area (Å²) in [5.41, 5.74) is 5.41. The molecule has 1 amide bonds. The van der Waals surface area contributed by atoms with Gasteiger partial charge in [0.05, 0.1) is 61.7 Å². The highest BCUT2D eigenvalue weighted by Gasteiger charge is 2.58. The quantitative estimate of drug-likeness (QED) is 0.0891. The van der Waals surface area contributed by atoms with E-state index in [2.05, 4.69) is 28.8 Å². The van der Waals surface area contributed by atoms with Gasteiger partial charge >= 0.3 is 5.97 Å². The minimum atomic E-state index is -1.10. The fourth-order valence-electron chi connectivity index (χ4n) is 9.97. The maximum atomic E-state index is 13.6. The number of nitrogens with one attached hydrogen (secondary N) is 1. The van der Waals surface area contributed by atoms with Crippen molar-refractivity contribution in [2.75, 3.05) is 63.5 Å². The smallest absolute Gasteiger partial charge is 0.355 e. The number of methoxy groups -OCH3 is 1. The van der Waals surface area contributed by atoms with Crippen LogP contribution in [0.15, 0.2) is 60.8 Å². The highest BCUT2D eigenvalue weighted by Crippen LogP contribution is 2.60. The minimum absolute atomic E-state index is 0.00813. The van der Waals surface area contributed by atoms with E-state index >= 15 is 0 Å². The Morgan fingerprint density at radius 2 is 1.73 bits per heavy atom. The van der Waals surface area contributed by atoms with Crippen LogP contribution in [0.25, 0.3) is 21.3 Å². The standard InChI is InChI=1S/C45H54N6O7S/c1-29-22-44(27-45(23-29,24-30(44)2)58-21-20-57-19-18-56-17-16-55-4)28-51-31(3)35(25-46-51)33-12-13-39(48-40(33)42(53)54)50-15-14-32-8-7-9-34(36(32)26-50)41(52)49-43-47-37-10-5-6-11-38(37)59-43/h5-13,25,29-30H,14-24,26-28H2,1-4H3,(H,53,54)(H,47,49,52). The molecule has 3 aromatic heterocycles. The van der Waals surface area contributed by atoms with Crippen molar-refractivity contribution in [2.45, 2.75) is 71.6 Å². The molecule has 0 saturated heterocycles. The van der Waals surface area contributed by atoms with Crippen molar-refractivity contribution in [3.05, 3.63) is 88.9 Å². The first-order valence-corrected chi connectivity index (χ1v) is 21.5. The molecule has 2 saturated carbocycles. The van der Waals surface area contributed by atoms with Crippen LogP contribution in [0.2, 0.25) is 0 Å². The van der Waals surface area contributed by atoms with Gasteiger partial charge in [0.15, 0.2) is 10.8 Å². The summed E-state index contributed by atoms with van der Waals surface area (Å²) in [4.78, 5) is 37.9. The summed E-state index contributed by atoms with van der Waals surface area (Å²) in [6.45, 7) is 11.8. The Morgan fingerprint density at radius 1 is 0.932 bits per heavy atom. The summed E-state index contributed by atoms with van der Waals surface area (Å²) >= 11 is 1.44. The minimum Gasteiger partial charge on any atom is -0.476 e. The van der Waals surface area contributed by atoms with Crippen LogP contribution in [0.5, 0.6) is 0 Å². The summed E-state index contributed by atoms with van der Waals surface area (Å²) < 4.78 is 26.1. The average Bonchev–Trinajstić information content (AvgIpc) is 3.86. The van der Waals surface area contributed by atoms with E-state index in [9.17, 15) is 14.7 Å². The van der Waals surface area contributed by atoms with Gasteiger partial charge in [0, 0.05) is 49.1 Å². The monoisotopic (exact) mass is 822 g/mol. The molecule has 4 heterocycles. The summed E-state index contributed by atoms with van der Waals surface area (Å²) in [6.07, 6.45) is 6.55. The Bertz CT molecular complexity index is 2280. The Balaban J connectivity index is 0.955. The number of carbonyl (C=O) groups excluding carboxylic acids is 1. The molecule has 59 heavy (non-hydrogen) atoms. The van der Waals surface area contributed by atoms with E-state index in [0.29, 0.717) is 93.1 Å². The lowest BCUT2D eigenvalue weighted by molar-refractivity contribution is -0.102. The second kappa shape index (κ2) is 17.5. The molecule has 0 radical (unpaired) electrons. The third-order valence-corrected chi connectivity index (χ3v) is 13.6. The summed E-state index contributed by atoms with van der Waals surface area (Å²) in [5, 5.41) is 18.9. The number of carbonyl (C=O) groups is 2. The van der Waals surface area contributed by atoms with Gasteiger partial charge in [0.2, 0.25) is 0 Å². The normalized spacial score (nSPS) is 22.5. The van der Waals surface area contributed by atoms with Gasteiger partial charge in [-0.2, -0.15) is 5.10 Å². The highest BCUT2D eigenvalue weighted by molar-refractivity contribution is 7.22. The van der Waals surface area contributed by atoms with E-state index in [0.717, 1.165) is 64.8 Å². The van der Waals surface area contributed by atoms with E-state index in [4.69, 9.17) is 29.0 Å². The lowest BCUT2D eigenvalue weighted by Gasteiger charge is -2.43. The number of nitrogens with zero attached hydrogens (tertiary/aromatic N) is 5. The Hall–Kier alpha value is -4.73. The van der Waals surface area contributed by atoms with Crippen LogP contribution in [0.1, 0.15) is 77.2 Å². The Morgan fingerprint density at radius 3 is 2.53 bits per heavy atom. The van der Waals surface area contributed by atoms with E-state index in [1.807, 2.05) is 66.4 Å². The number of amides is 1. The van der Waals surface area contributed by atoms with Crippen LogP contribution < -0.4 is 10.2 Å². The van der Waals surface area contributed by atoms with E-state index in [1.165, 1.54) is 11.3 Å². The molecule has 2 aliphatic carbocycles. The number of rotatable bonds is 17. The van der Waals surface area contributed by atoms with Crippen molar-refractivity contribution < 1.29 is 33.6 Å². The molecule has 0 spiro atoms. The van der Waals surface area contributed by atoms with Gasteiger partial charge in [-0.1, -0.05) is 49.4 Å². The first-order valence-electron chi connectivity index (χ1n) is 20.7. The maximum absolute atomic E-state index is 13.6. The van der Waals surface area contributed by atoms with Crippen molar-refractivity contribution in [1.29, 1.82) is 0 Å². The molecule has 2 bridgehead atoms. The van der Waals surface area contributed by atoms with Crippen molar-refractivity contribution in [1.82, 2.24) is 19.7 Å². The molecule has 312 valence electrons. The Labute approximate surface area is 349 Å². The third kappa shape index (κ3) is 8.64. The molecule has 2 fully saturated rings. The largest absolute Gasteiger partial charge is 0.476 e. The molecule has 3 aliphatic rings. The molecular formula is C45H54N6O7S. The van der Waals surface area contributed by atoms with Gasteiger partial charge in [-0.05, 0) is 97.7 Å². The number of aromatic carboxylic acids is 1. The lowest BCUT2D eigenvalue weighted by atomic mass is 9.67. The number of hydrogen-bond acceptors (Lipinski definition) is 11. The zero-order valence-corrected chi connectivity index (χ0v) is 35.2. The van der Waals surface area contributed by atoms with Gasteiger partial charge in [-0.15, -0.1) is 0 Å². The van der Waals surface area contributed by atoms with E-state index < -0.39 is 5.97 Å². The number of carboxylic acid groups (broad SMARTS) is 1. The SMILES string of the molecule is COCCOCCOCCOC12CC(C)CC(Cn3ncc(-c4ccc(N5CCc6cccc(C(=O)Nc7nc8ccccc8s7)c6C5)nc4C(=O)O)c3C)(C1)C(C)C2. The summed E-state index contributed by atoms with van der Waals surface area (Å²) in [7, 11) is 1.66. The first kappa shape index (κ1) is 41.0. The number of aromatic nitrogens is 4. The number of ether oxygens (including phenoxy) is 4. The molecular weight excluding hydrogens is 769 g/mol. The number of anilines is 2. The highest BCUT2D eigenvalue weighted by atomic mass is 32.1. The van der Waals surface area contributed by atoms with Crippen LogP contribution in [0, 0.1) is 24.2 Å². The predicted octanol–water partition coefficient (Wildman–Crippen LogP) is 7.66. The van der Waals surface area contributed by atoms with Gasteiger partial charge in [0.25, 0.3) is 5.91 Å². The third-order valence-electron chi connectivity index (χ3n) is 12.6. The fourth-order valence-corrected chi connectivity index (χ4v) is 10.8. The molecule has 4 atom stereocenters. The fraction of sp³-hybridized carbons (Fsp3) is 0.489. The van der Waals surface area contributed by atoms with Crippen LogP contribution in [-0.4, -0.2) is 95.6 Å². The maximum Gasteiger partial charge on any atom is 0.355 e. The molecule has 2 aromatic carbocycles. The van der Waals surface area contributed by atoms with Gasteiger partial charge in [-0.3, -0.25) is 14.8 Å². The van der Waals surface area contributed by atoms with Gasteiger partial charge < -0.3 is 29.0 Å². The first-order chi connectivity index (χ1) is 28.6. The van der Waals surface area contributed by atoms with Crippen molar-refractivity contribution in [3.63, 3.8) is 0 Å². The van der Waals surface area contributed by atoms with Crippen molar-refractivity contribution >= 4 is 44.4 Å². The molecule has 8 rings (SSSR count). The topological polar surface area (TPSA) is 150 Å². The Kier molecular flexibility index (Phi) is 12.1. The molecule has 2 N–H and O–H groups in total. The average molecular weight is 823 g/mol.